The first-order valence-corrected chi connectivity index (χ1v) is 10.7. The van der Waals surface area contributed by atoms with Gasteiger partial charge in [-0.2, -0.15) is 0 Å². The van der Waals surface area contributed by atoms with Crippen LogP contribution in [0.1, 0.15) is 26.2 Å². The zero-order chi connectivity index (χ0) is 16.4. The molecule has 0 radical (unpaired) electrons. The molecule has 1 saturated heterocycles. The minimum Gasteiger partial charge on any atom is -0.464 e. The minimum absolute atomic E-state index is 0.0401. The van der Waals surface area contributed by atoms with Crippen molar-refractivity contribution in [3.8, 4) is 5.19 Å². The van der Waals surface area contributed by atoms with E-state index in [1.807, 2.05) is 30.6 Å². The molecule has 2 fully saturated rings. The van der Waals surface area contributed by atoms with Crippen LogP contribution in [-0.4, -0.2) is 63.5 Å². The smallest absolute Gasteiger partial charge is 0.326 e. The Kier molecular flexibility index (Phi) is 5.58. The van der Waals surface area contributed by atoms with Crippen LogP contribution in [0.3, 0.4) is 0 Å². The normalized spacial score (nSPS) is 20.1. The van der Waals surface area contributed by atoms with Crippen molar-refractivity contribution in [2.75, 3.05) is 30.5 Å². The van der Waals surface area contributed by atoms with Gasteiger partial charge in [0.05, 0.1) is 4.58 Å². The molecule has 1 saturated carbocycles. The van der Waals surface area contributed by atoms with E-state index in [0.717, 1.165) is 12.8 Å². The highest BCUT2D eigenvalue weighted by Crippen LogP contribution is 2.36. The van der Waals surface area contributed by atoms with Crippen molar-refractivity contribution < 1.29 is 9.53 Å². The first-order valence-electron chi connectivity index (χ1n) is 7.80. The van der Waals surface area contributed by atoms with Gasteiger partial charge in [0.15, 0.2) is 0 Å². The molecule has 0 bridgehead atoms. The zero-order valence-electron chi connectivity index (χ0n) is 13.6. The molecule has 2 amide bonds. The van der Waals surface area contributed by atoms with Crippen LogP contribution in [0.2, 0.25) is 0 Å². The molecule has 1 atom stereocenters. The van der Waals surface area contributed by atoms with Crippen LogP contribution < -0.4 is 9.64 Å². The van der Waals surface area contributed by atoms with Crippen LogP contribution in [0, 0.1) is 0 Å². The average Bonchev–Trinajstić information content (AvgIpc) is 3.33. The van der Waals surface area contributed by atoms with E-state index in [9.17, 15) is 4.79 Å². The van der Waals surface area contributed by atoms with Gasteiger partial charge in [-0.05, 0) is 49.0 Å². The summed E-state index contributed by atoms with van der Waals surface area (Å²) >= 11 is 5.22. The Bertz CT molecular complexity index is 546. The van der Waals surface area contributed by atoms with E-state index in [-0.39, 0.29) is 12.1 Å². The summed E-state index contributed by atoms with van der Waals surface area (Å²) in [5.41, 5.74) is 0. The highest BCUT2D eigenvalue weighted by Gasteiger charge is 2.32. The number of ether oxygens (including phenoxy) is 1. The lowest BCUT2D eigenvalue weighted by atomic mass is 10.5. The van der Waals surface area contributed by atoms with Crippen LogP contribution in [0.15, 0.2) is 0 Å². The van der Waals surface area contributed by atoms with Crippen LogP contribution in [-0.2, 0) is 0 Å². The molecule has 128 valence electrons. The number of hydrogen-bond acceptors (Lipinski definition) is 7. The molecular weight excluding hydrogens is 352 g/mol. The number of nitrogens with zero attached hydrogens (tertiary/aromatic N) is 4. The summed E-state index contributed by atoms with van der Waals surface area (Å²) in [5.74, 6) is 2.38. The molecule has 1 unspecified atom stereocenters. The topological polar surface area (TPSA) is 58.6 Å². The van der Waals surface area contributed by atoms with Gasteiger partial charge in [0, 0.05) is 20.1 Å². The Morgan fingerprint density at radius 2 is 1.96 bits per heavy atom. The van der Waals surface area contributed by atoms with Crippen molar-refractivity contribution in [3.63, 3.8) is 0 Å². The van der Waals surface area contributed by atoms with E-state index in [1.165, 1.54) is 29.3 Å². The van der Waals surface area contributed by atoms with E-state index in [1.54, 1.807) is 16.8 Å². The van der Waals surface area contributed by atoms with Gasteiger partial charge in [-0.15, -0.1) is 28.6 Å². The lowest BCUT2D eigenvalue weighted by Crippen LogP contribution is -2.40. The van der Waals surface area contributed by atoms with Crippen molar-refractivity contribution in [2.24, 2.45) is 0 Å². The maximum atomic E-state index is 12.3. The van der Waals surface area contributed by atoms with Gasteiger partial charge in [0.1, 0.15) is 6.10 Å². The van der Waals surface area contributed by atoms with E-state index in [2.05, 4.69) is 17.1 Å². The standard InChI is InChI=1S/C14H22N4O2S3/c1-9(11-21-7-4-8-22-11)20-13-16-15-12(23-13)18(3)14(19)17(2)10-5-6-10/h9-11H,4-8H2,1-3H3. The molecule has 9 heteroatoms. The van der Waals surface area contributed by atoms with Crippen molar-refractivity contribution in [1.82, 2.24) is 15.1 Å². The van der Waals surface area contributed by atoms with Gasteiger partial charge >= 0.3 is 6.03 Å². The number of hydrogen-bond donors (Lipinski definition) is 0. The van der Waals surface area contributed by atoms with Crippen molar-refractivity contribution in [3.05, 3.63) is 0 Å². The Labute approximate surface area is 149 Å². The SMILES string of the molecule is CC(Oc1nnc(N(C)C(=O)N(C)C2CC2)s1)C1SCCCS1. The van der Waals surface area contributed by atoms with Gasteiger partial charge in [0.25, 0.3) is 5.19 Å². The zero-order valence-corrected chi connectivity index (χ0v) is 16.0. The van der Waals surface area contributed by atoms with Crippen LogP contribution >= 0.6 is 34.9 Å². The molecule has 23 heavy (non-hydrogen) atoms. The van der Waals surface area contributed by atoms with Crippen molar-refractivity contribution >= 4 is 46.0 Å². The summed E-state index contributed by atoms with van der Waals surface area (Å²) in [7, 11) is 3.58. The summed E-state index contributed by atoms with van der Waals surface area (Å²) in [6.45, 7) is 2.08. The third kappa shape index (κ3) is 4.24. The number of anilines is 1. The molecule has 0 spiro atoms. The molecule has 0 aromatic carbocycles. The number of amides is 2. The molecule has 2 heterocycles. The lowest BCUT2D eigenvalue weighted by Gasteiger charge is -2.26. The monoisotopic (exact) mass is 374 g/mol. The minimum atomic E-state index is -0.0401. The average molecular weight is 375 g/mol. The Balaban J connectivity index is 1.57. The van der Waals surface area contributed by atoms with Gasteiger partial charge < -0.3 is 9.64 Å². The fourth-order valence-corrected chi connectivity index (χ4v) is 5.93. The number of urea groups is 1. The molecule has 1 aromatic rings. The number of aromatic nitrogens is 2. The van der Waals surface area contributed by atoms with Crippen LogP contribution in [0.25, 0.3) is 0 Å². The van der Waals surface area contributed by atoms with E-state index in [0.29, 0.717) is 20.9 Å². The summed E-state index contributed by atoms with van der Waals surface area (Å²) < 4.78 is 6.38. The highest BCUT2D eigenvalue weighted by atomic mass is 32.2. The molecule has 0 N–H and O–H groups in total. The predicted octanol–water partition coefficient (Wildman–Crippen LogP) is 3.15. The number of thioether (sulfide) groups is 2. The molecule has 1 aromatic heterocycles. The highest BCUT2D eigenvalue weighted by molar-refractivity contribution is 8.17. The summed E-state index contributed by atoms with van der Waals surface area (Å²) in [6.07, 6.45) is 3.54. The second-order valence-electron chi connectivity index (χ2n) is 5.82. The maximum Gasteiger partial charge on any atom is 0.326 e. The third-order valence-electron chi connectivity index (χ3n) is 3.89. The Morgan fingerprint density at radius 1 is 1.26 bits per heavy atom. The number of carbonyl (C=O) groups is 1. The molecule has 1 aliphatic carbocycles. The lowest BCUT2D eigenvalue weighted by molar-refractivity contribution is 0.214. The third-order valence-corrected chi connectivity index (χ3v) is 8.07. The fraction of sp³-hybridized carbons (Fsp3) is 0.786. The van der Waals surface area contributed by atoms with Gasteiger partial charge in [0.2, 0.25) is 5.13 Å². The first-order chi connectivity index (χ1) is 11.1. The number of carbonyl (C=O) groups excluding carboxylic acids is 1. The Morgan fingerprint density at radius 3 is 2.61 bits per heavy atom. The van der Waals surface area contributed by atoms with Gasteiger partial charge in [-0.25, -0.2) is 4.79 Å². The fourth-order valence-electron chi connectivity index (χ4n) is 2.31. The number of rotatable bonds is 5. The largest absolute Gasteiger partial charge is 0.464 e. The Hall–Kier alpha value is -0.670. The van der Waals surface area contributed by atoms with Crippen molar-refractivity contribution in [1.29, 1.82) is 0 Å². The van der Waals surface area contributed by atoms with Crippen molar-refractivity contribution in [2.45, 2.75) is 42.9 Å². The molecule has 1 aliphatic heterocycles. The van der Waals surface area contributed by atoms with Crippen LogP contribution in [0.4, 0.5) is 9.93 Å². The van der Waals surface area contributed by atoms with E-state index >= 15 is 0 Å². The second-order valence-corrected chi connectivity index (χ2v) is 9.54. The summed E-state index contributed by atoms with van der Waals surface area (Å²) in [4.78, 5) is 15.7. The second kappa shape index (κ2) is 7.48. The summed E-state index contributed by atoms with van der Waals surface area (Å²) in [6, 6.07) is 0.343. The van der Waals surface area contributed by atoms with E-state index in [4.69, 9.17) is 4.74 Å². The first kappa shape index (κ1) is 17.2. The van der Waals surface area contributed by atoms with Gasteiger partial charge in [-0.1, -0.05) is 5.10 Å². The molecule has 3 rings (SSSR count). The van der Waals surface area contributed by atoms with Crippen LogP contribution in [0.5, 0.6) is 5.19 Å². The quantitative estimate of drug-likeness (QED) is 0.789. The summed E-state index contributed by atoms with van der Waals surface area (Å²) in [5, 5.41) is 9.31. The molecule has 2 aliphatic rings. The van der Waals surface area contributed by atoms with E-state index < -0.39 is 0 Å². The molecular formula is C14H22N4O2S3. The molecule has 6 nitrogen and oxygen atoms in total. The predicted molar refractivity (Wildman–Crippen MR) is 97.9 cm³/mol. The van der Waals surface area contributed by atoms with Gasteiger partial charge in [-0.3, -0.25) is 4.90 Å². The maximum absolute atomic E-state index is 12.3.